The van der Waals surface area contributed by atoms with Gasteiger partial charge in [0.1, 0.15) is 6.04 Å². The van der Waals surface area contributed by atoms with Gasteiger partial charge in [0.05, 0.1) is 12.1 Å². The normalized spacial score (nSPS) is 22.6. The van der Waals surface area contributed by atoms with Crippen LogP contribution in [0.5, 0.6) is 0 Å². The highest BCUT2D eigenvalue weighted by molar-refractivity contribution is 7.15. The van der Waals surface area contributed by atoms with Gasteiger partial charge in [-0.3, -0.25) is 9.20 Å². The van der Waals surface area contributed by atoms with E-state index in [1.54, 1.807) is 0 Å². The molecule has 1 aliphatic heterocycles. The summed E-state index contributed by atoms with van der Waals surface area (Å²) < 4.78 is 1.88. The molecule has 2 atom stereocenters. The second kappa shape index (κ2) is 5.48. The van der Waals surface area contributed by atoms with E-state index in [4.69, 9.17) is 0 Å². The highest BCUT2D eigenvalue weighted by Crippen LogP contribution is 2.24. The molecule has 1 saturated heterocycles. The molecule has 112 valence electrons. The molecule has 3 rings (SSSR count). The third kappa shape index (κ3) is 2.65. The average Bonchev–Trinajstić information content (AvgIpc) is 2.98. The summed E-state index contributed by atoms with van der Waals surface area (Å²) in [7, 11) is 0. The molecule has 0 radical (unpaired) electrons. The number of aromatic nitrogens is 2. The molecule has 1 amide bonds. The standard InChI is InChI=1S/C14H17N3O3S/c1-9-3-2-4-17(12(9)13(19)20)11(18)7-10-8-16-5-6-21-14(16)15-10/h5-6,8-9,12H,2-4,7H2,1H3,(H,19,20). The lowest BCUT2D eigenvalue weighted by molar-refractivity contribution is -0.154. The number of nitrogens with zero attached hydrogens (tertiary/aromatic N) is 3. The van der Waals surface area contributed by atoms with Crippen LogP contribution in [0.4, 0.5) is 0 Å². The van der Waals surface area contributed by atoms with Crippen molar-refractivity contribution in [1.82, 2.24) is 14.3 Å². The SMILES string of the molecule is CC1CCCN(C(=O)Cc2cn3ccsc3n2)C1C(=O)O. The van der Waals surface area contributed by atoms with Gasteiger partial charge in [-0.2, -0.15) is 0 Å². The van der Waals surface area contributed by atoms with Crippen molar-refractivity contribution in [1.29, 1.82) is 0 Å². The number of carboxylic acid groups (broad SMARTS) is 1. The second-order valence-corrected chi connectivity index (χ2v) is 6.36. The number of carbonyl (C=O) groups excluding carboxylic acids is 1. The second-order valence-electron chi connectivity index (χ2n) is 5.49. The van der Waals surface area contributed by atoms with Crippen LogP contribution >= 0.6 is 11.3 Å². The number of hydrogen-bond donors (Lipinski definition) is 1. The minimum Gasteiger partial charge on any atom is -0.480 e. The fraction of sp³-hybridized carbons (Fsp3) is 0.500. The molecule has 21 heavy (non-hydrogen) atoms. The number of amides is 1. The van der Waals surface area contributed by atoms with Crippen molar-refractivity contribution in [2.75, 3.05) is 6.54 Å². The molecule has 2 aromatic rings. The van der Waals surface area contributed by atoms with Gasteiger partial charge in [-0.25, -0.2) is 9.78 Å². The van der Waals surface area contributed by atoms with Crippen LogP contribution in [0.25, 0.3) is 4.96 Å². The van der Waals surface area contributed by atoms with E-state index in [0.717, 1.165) is 17.8 Å². The molecule has 1 fully saturated rings. The number of imidazole rings is 1. The van der Waals surface area contributed by atoms with E-state index in [-0.39, 0.29) is 18.2 Å². The largest absolute Gasteiger partial charge is 0.480 e. The summed E-state index contributed by atoms with van der Waals surface area (Å²) >= 11 is 1.51. The molecule has 0 aliphatic carbocycles. The molecule has 0 aromatic carbocycles. The highest BCUT2D eigenvalue weighted by atomic mass is 32.1. The van der Waals surface area contributed by atoms with Gasteiger partial charge in [0.25, 0.3) is 0 Å². The van der Waals surface area contributed by atoms with Crippen LogP contribution in [0.2, 0.25) is 0 Å². The van der Waals surface area contributed by atoms with Gasteiger partial charge in [0, 0.05) is 24.3 Å². The van der Waals surface area contributed by atoms with E-state index in [1.807, 2.05) is 29.1 Å². The van der Waals surface area contributed by atoms with Gasteiger partial charge in [-0.15, -0.1) is 11.3 Å². The van der Waals surface area contributed by atoms with Crippen LogP contribution in [0.3, 0.4) is 0 Å². The van der Waals surface area contributed by atoms with Crippen molar-refractivity contribution < 1.29 is 14.7 Å². The fourth-order valence-electron chi connectivity index (χ4n) is 2.96. The number of rotatable bonds is 3. The third-order valence-electron chi connectivity index (χ3n) is 3.98. The Kier molecular flexibility index (Phi) is 3.67. The molecular formula is C14H17N3O3S. The lowest BCUT2D eigenvalue weighted by Crippen LogP contribution is -2.52. The van der Waals surface area contributed by atoms with E-state index >= 15 is 0 Å². The van der Waals surface area contributed by atoms with E-state index in [9.17, 15) is 14.7 Å². The van der Waals surface area contributed by atoms with Crippen LogP contribution in [0.1, 0.15) is 25.5 Å². The zero-order valence-electron chi connectivity index (χ0n) is 11.7. The first-order valence-corrected chi connectivity index (χ1v) is 7.87. The van der Waals surface area contributed by atoms with Crippen molar-refractivity contribution in [2.24, 2.45) is 5.92 Å². The molecule has 0 saturated carbocycles. The predicted molar refractivity (Wildman–Crippen MR) is 78.3 cm³/mol. The molecule has 6 nitrogen and oxygen atoms in total. The van der Waals surface area contributed by atoms with Crippen molar-refractivity contribution in [2.45, 2.75) is 32.2 Å². The topological polar surface area (TPSA) is 74.9 Å². The van der Waals surface area contributed by atoms with Gasteiger partial charge < -0.3 is 10.0 Å². The molecule has 3 heterocycles. The van der Waals surface area contributed by atoms with Crippen LogP contribution in [-0.2, 0) is 16.0 Å². The molecule has 2 aromatic heterocycles. The average molecular weight is 307 g/mol. The first-order valence-electron chi connectivity index (χ1n) is 6.99. The number of thiazole rings is 1. The van der Waals surface area contributed by atoms with Crippen LogP contribution in [0, 0.1) is 5.92 Å². The predicted octanol–water partition coefficient (Wildman–Crippen LogP) is 1.65. The van der Waals surface area contributed by atoms with Crippen molar-refractivity contribution in [3.8, 4) is 0 Å². The number of fused-ring (bicyclic) bond motifs is 1. The summed E-state index contributed by atoms with van der Waals surface area (Å²) in [4.78, 5) is 30.6. The maximum Gasteiger partial charge on any atom is 0.326 e. The van der Waals surface area contributed by atoms with E-state index < -0.39 is 12.0 Å². The van der Waals surface area contributed by atoms with Crippen LogP contribution < -0.4 is 0 Å². The molecule has 0 bridgehead atoms. The van der Waals surface area contributed by atoms with Crippen molar-refractivity contribution in [3.05, 3.63) is 23.5 Å². The maximum atomic E-state index is 12.4. The van der Waals surface area contributed by atoms with Crippen LogP contribution in [0.15, 0.2) is 17.8 Å². The fourth-order valence-corrected chi connectivity index (χ4v) is 3.68. The lowest BCUT2D eigenvalue weighted by atomic mass is 9.90. The Morgan fingerprint density at radius 3 is 3.05 bits per heavy atom. The number of likely N-dealkylation sites (tertiary alicyclic amines) is 1. The zero-order valence-corrected chi connectivity index (χ0v) is 12.5. The highest BCUT2D eigenvalue weighted by Gasteiger charge is 2.36. The van der Waals surface area contributed by atoms with E-state index in [1.165, 1.54) is 16.2 Å². The minimum absolute atomic E-state index is 0.00862. The summed E-state index contributed by atoms with van der Waals surface area (Å²) in [6, 6.07) is -0.713. The number of carbonyl (C=O) groups is 2. The summed E-state index contributed by atoms with van der Waals surface area (Å²) in [6.45, 7) is 2.41. The summed E-state index contributed by atoms with van der Waals surface area (Å²) in [5.74, 6) is -1.08. The van der Waals surface area contributed by atoms with Gasteiger partial charge in [0.15, 0.2) is 4.96 Å². The van der Waals surface area contributed by atoms with E-state index in [2.05, 4.69) is 4.98 Å². The quantitative estimate of drug-likeness (QED) is 0.935. The Hall–Kier alpha value is -1.89. The first kappa shape index (κ1) is 14.1. The third-order valence-corrected chi connectivity index (χ3v) is 4.75. The Morgan fingerprint density at radius 2 is 2.33 bits per heavy atom. The Bertz CT molecular complexity index is 649. The maximum absolute atomic E-state index is 12.4. The van der Waals surface area contributed by atoms with Gasteiger partial charge in [-0.05, 0) is 18.8 Å². The molecule has 1 aliphatic rings. The minimum atomic E-state index is -0.915. The van der Waals surface area contributed by atoms with Crippen LogP contribution in [-0.4, -0.2) is 43.9 Å². The summed E-state index contributed by atoms with van der Waals surface area (Å²) in [5, 5.41) is 11.3. The lowest BCUT2D eigenvalue weighted by Gasteiger charge is -2.37. The molecule has 1 N–H and O–H groups in total. The molecule has 0 spiro atoms. The molecular weight excluding hydrogens is 290 g/mol. The number of piperidine rings is 1. The van der Waals surface area contributed by atoms with Gasteiger partial charge >= 0.3 is 5.97 Å². The van der Waals surface area contributed by atoms with Gasteiger partial charge in [-0.1, -0.05) is 6.92 Å². The number of aliphatic carboxylic acids is 1. The Labute approximate surface area is 126 Å². The smallest absolute Gasteiger partial charge is 0.326 e. The molecule has 2 unspecified atom stereocenters. The number of carboxylic acids is 1. The first-order chi connectivity index (χ1) is 10.1. The zero-order chi connectivity index (χ0) is 15.0. The summed E-state index contributed by atoms with van der Waals surface area (Å²) in [5.41, 5.74) is 0.689. The van der Waals surface area contributed by atoms with Crippen molar-refractivity contribution in [3.63, 3.8) is 0 Å². The van der Waals surface area contributed by atoms with E-state index in [0.29, 0.717) is 12.2 Å². The summed E-state index contributed by atoms with van der Waals surface area (Å²) in [6.07, 6.45) is 5.58. The number of hydrogen-bond acceptors (Lipinski definition) is 4. The van der Waals surface area contributed by atoms with Gasteiger partial charge in [0.2, 0.25) is 5.91 Å². The monoisotopic (exact) mass is 307 g/mol. The Balaban J connectivity index is 1.76. The van der Waals surface area contributed by atoms with Crippen molar-refractivity contribution >= 4 is 28.2 Å². The Morgan fingerprint density at radius 1 is 1.52 bits per heavy atom. The molecule has 7 heteroatoms.